The highest BCUT2D eigenvalue weighted by atomic mass is 35.5. The van der Waals surface area contributed by atoms with Crippen molar-refractivity contribution in [3.63, 3.8) is 0 Å². The quantitative estimate of drug-likeness (QED) is 0.576. The number of rotatable bonds is 3. The highest BCUT2D eigenvalue weighted by Crippen LogP contribution is 2.38. The van der Waals surface area contributed by atoms with Gasteiger partial charge in [0.2, 0.25) is 0 Å². The minimum absolute atomic E-state index is 0.297. The maximum absolute atomic E-state index is 14.1. The van der Waals surface area contributed by atoms with Crippen LogP contribution in [0.4, 0.5) is 16.0 Å². The van der Waals surface area contributed by atoms with Gasteiger partial charge in [0.25, 0.3) is 0 Å². The molecular weight excluding hydrogens is 349 g/mol. The Labute approximate surface area is 145 Å². The zero-order valence-electron chi connectivity index (χ0n) is 12.1. The summed E-state index contributed by atoms with van der Waals surface area (Å²) in [7, 11) is 0. The van der Waals surface area contributed by atoms with Gasteiger partial charge >= 0.3 is 0 Å². The summed E-state index contributed by atoms with van der Waals surface area (Å²) in [6.07, 6.45) is 6.40. The predicted molar refractivity (Wildman–Crippen MR) is 93.1 cm³/mol. The number of hydrogen-bond acceptors (Lipinski definition) is 6. The van der Waals surface area contributed by atoms with Crippen LogP contribution in [0, 0.1) is 5.82 Å². The van der Waals surface area contributed by atoms with Crippen molar-refractivity contribution < 1.29 is 4.39 Å². The van der Waals surface area contributed by atoms with Gasteiger partial charge in [-0.15, -0.1) is 11.3 Å². The molecule has 5 nitrogen and oxygen atoms in total. The standard InChI is InChI=1S/C16H9ClFN5S/c17-9-2-1-3-10(18)13(9)16-22-11-4-5-21-15(14(11)24-16)23-12-8-19-6-7-20-12/h1-8H,(H,20,21,23). The molecule has 4 aromatic rings. The molecule has 0 radical (unpaired) electrons. The maximum Gasteiger partial charge on any atom is 0.151 e. The lowest BCUT2D eigenvalue weighted by Crippen LogP contribution is -1.95. The van der Waals surface area contributed by atoms with Crippen molar-refractivity contribution in [3.8, 4) is 10.6 Å². The molecule has 118 valence electrons. The van der Waals surface area contributed by atoms with Gasteiger partial charge in [-0.2, -0.15) is 0 Å². The topological polar surface area (TPSA) is 63.6 Å². The van der Waals surface area contributed by atoms with E-state index in [-0.39, 0.29) is 0 Å². The van der Waals surface area contributed by atoms with Gasteiger partial charge < -0.3 is 5.32 Å². The number of benzene rings is 1. The van der Waals surface area contributed by atoms with Gasteiger partial charge in [0.1, 0.15) is 16.6 Å². The Morgan fingerprint density at radius 2 is 2.00 bits per heavy atom. The van der Waals surface area contributed by atoms with Crippen LogP contribution in [0.3, 0.4) is 0 Å². The van der Waals surface area contributed by atoms with E-state index in [0.29, 0.717) is 32.7 Å². The number of halogens is 2. The summed E-state index contributed by atoms with van der Waals surface area (Å²) in [5.74, 6) is 0.749. The van der Waals surface area contributed by atoms with Crippen LogP contribution in [0.1, 0.15) is 0 Å². The predicted octanol–water partition coefficient (Wildman–Crippen LogP) is 4.68. The Balaban J connectivity index is 1.83. The van der Waals surface area contributed by atoms with Crippen molar-refractivity contribution in [1.29, 1.82) is 0 Å². The second kappa shape index (κ2) is 6.10. The van der Waals surface area contributed by atoms with E-state index < -0.39 is 5.82 Å². The third-order valence-electron chi connectivity index (χ3n) is 3.29. The number of fused-ring (bicyclic) bond motifs is 1. The maximum atomic E-state index is 14.1. The molecule has 24 heavy (non-hydrogen) atoms. The molecule has 0 spiro atoms. The minimum Gasteiger partial charge on any atom is -0.322 e. The molecule has 0 saturated heterocycles. The van der Waals surface area contributed by atoms with Gasteiger partial charge in [0.15, 0.2) is 5.82 Å². The van der Waals surface area contributed by atoms with Crippen LogP contribution in [0.25, 0.3) is 20.8 Å². The molecule has 0 unspecified atom stereocenters. The van der Waals surface area contributed by atoms with Crippen molar-refractivity contribution in [2.45, 2.75) is 0 Å². The number of nitrogens with zero attached hydrogens (tertiary/aromatic N) is 4. The summed E-state index contributed by atoms with van der Waals surface area (Å²) >= 11 is 7.45. The molecule has 0 bridgehead atoms. The smallest absolute Gasteiger partial charge is 0.151 e. The molecule has 0 amide bonds. The summed E-state index contributed by atoms with van der Waals surface area (Å²) in [6.45, 7) is 0. The Morgan fingerprint density at radius 3 is 2.79 bits per heavy atom. The average Bonchev–Trinajstić information content (AvgIpc) is 3.00. The summed E-state index contributed by atoms with van der Waals surface area (Å²) in [5, 5.41) is 3.93. The molecule has 1 N–H and O–H groups in total. The van der Waals surface area contributed by atoms with E-state index in [1.54, 1.807) is 43.0 Å². The zero-order chi connectivity index (χ0) is 16.5. The third kappa shape index (κ3) is 2.68. The highest BCUT2D eigenvalue weighted by Gasteiger charge is 2.16. The Morgan fingerprint density at radius 1 is 1.08 bits per heavy atom. The van der Waals surface area contributed by atoms with Crippen LogP contribution >= 0.6 is 22.9 Å². The van der Waals surface area contributed by atoms with E-state index in [4.69, 9.17) is 11.6 Å². The number of hydrogen-bond donors (Lipinski definition) is 1. The summed E-state index contributed by atoms with van der Waals surface area (Å²) in [5.41, 5.74) is 1.00. The Bertz CT molecular complexity index is 1000. The molecule has 1 aromatic carbocycles. The third-order valence-corrected chi connectivity index (χ3v) is 4.70. The number of thiazole rings is 1. The van der Waals surface area contributed by atoms with Gasteiger partial charge in [-0.25, -0.2) is 19.3 Å². The van der Waals surface area contributed by atoms with Gasteiger partial charge in [0, 0.05) is 18.6 Å². The van der Waals surface area contributed by atoms with Crippen molar-refractivity contribution in [3.05, 3.63) is 59.9 Å². The van der Waals surface area contributed by atoms with Gasteiger partial charge in [-0.05, 0) is 18.2 Å². The van der Waals surface area contributed by atoms with Gasteiger partial charge in [0.05, 0.1) is 27.0 Å². The molecule has 0 aliphatic heterocycles. The van der Waals surface area contributed by atoms with Crippen molar-refractivity contribution in [1.82, 2.24) is 19.9 Å². The molecule has 0 saturated carbocycles. The normalized spacial score (nSPS) is 10.9. The number of pyridine rings is 1. The molecule has 0 fully saturated rings. The fraction of sp³-hybridized carbons (Fsp3) is 0. The van der Waals surface area contributed by atoms with Crippen molar-refractivity contribution >= 4 is 44.8 Å². The monoisotopic (exact) mass is 357 g/mol. The van der Waals surface area contributed by atoms with E-state index in [9.17, 15) is 4.39 Å². The second-order valence-electron chi connectivity index (χ2n) is 4.84. The van der Waals surface area contributed by atoms with Gasteiger partial charge in [-0.3, -0.25) is 4.98 Å². The second-order valence-corrected chi connectivity index (χ2v) is 6.25. The van der Waals surface area contributed by atoms with Gasteiger partial charge in [-0.1, -0.05) is 17.7 Å². The van der Waals surface area contributed by atoms with Crippen molar-refractivity contribution in [2.75, 3.05) is 5.32 Å². The molecular formula is C16H9ClFN5S. The van der Waals surface area contributed by atoms with Crippen LogP contribution in [-0.2, 0) is 0 Å². The first-order valence-electron chi connectivity index (χ1n) is 6.95. The number of nitrogens with one attached hydrogen (secondary N) is 1. The zero-order valence-corrected chi connectivity index (χ0v) is 13.6. The van der Waals surface area contributed by atoms with E-state index in [2.05, 4.69) is 25.3 Å². The van der Waals surface area contributed by atoms with Crippen LogP contribution in [-0.4, -0.2) is 19.9 Å². The lowest BCUT2D eigenvalue weighted by atomic mass is 10.2. The molecule has 0 aliphatic rings. The van der Waals surface area contributed by atoms with E-state index >= 15 is 0 Å². The molecule has 0 aliphatic carbocycles. The minimum atomic E-state index is -0.405. The lowest BCUT2D eigenvalue weighted by molar-refractivity contribution is 0.631. The van der Waals surface area contributed by atoms with Crippen LogP contribution in [0.5, 0.6) is 0 Å². The molecule has 4 rings (SSSR count). The lowest BCUT2D eigenvalue weighted by Gasteiger charge is -2.03. The molecule has 3 aromatic heterocycles. The number of anilines is 2. The highest BCUT2D eigenvalue weighted by molar-refractivity contribution is 7.22. The molecule has 8 heteroatoms. The van der Waals surface area contributed by atoms with E-state index in [1.165, 1.54) is 17.4 Å². The fourth-order valence-corrected chi connectivity index (χ4v) is 3.61. The largest absolute Gasteiger partial charge is 0.322 e. The first-order chi connectivity index (χ1) is 11.7. The van der Waals surface area contributed by atoms with E-state index in [0.717, 1.165) is 4.70 Å². The Hall–Kier alpha value is -2.64. The van der Waals surface area contributed by atoms with Crippen LogP contribution in [0.2, 0.25) is 5.02 Å². The first kappa shape index (κ1) is 14.9. The van der Waals surface area contributed by atoms with Crippen LogP contribution in [0.15, 0.2) is 49.1 Å². The molecule has 0 atom stereocenters. The first-order valence-corrected chi connectivity index (χ1v) is 8.15. The summed E-state index contributed by atoms with van der Waals surface area (Å²) in [6, 6.07) is 6.34. The fourth-order valence-electron chi connectivity index (χ4n) is 2.24. The average molecular weight is 358 g/mol. The molecule has 3 heterocycles. The van der Waals surface area contributed by atoms with Crippen LogP contribution < -0.4 is 5.32 Å². The summed E-state index contributed by atoms with van der Waals surface area (Å²) in [4.78, 5) is 17.0. The van der Waals surface area contributed by atoms with E-state index in [1.807, 2.05) is 0 Å². The SMILES string of the molecule is Fc1cccc(Cl)c1-c1nc2ccnc(Nc3cnccn3)c2s1. The van der Waals surface area contributed by atoms with Crippen molar-refractivity contribution in [2.24, 2.45) is 0 Å². The Kier molecular flexibility index (Phi) is 3.79. The summed E-state index contributed by atoms with van der Waals surface area (Å²) < 4.78 is 14.9. The number of aromatic nitrogens is 4.